The first-order chi connectivity index (χ1) is 7.67. The Morgan fingerprint density at radius 3 is 2.00 bits per heavy atom. The average Bonchev–Trinajstić information content (AvgIpc) is 2.12. The first-order valence-electron chi connectivity index (χ1n) is 6.38. The summed E-state index contributed by atoms with van der Waals surface area (Å²) in [6, 6.07) is 0. The van der Waals surface area contributed by atoms with E-state index < -0.39 is 5.97 Å². The number of hydrogen-bond acceptors (Lipinski definition) is 3. The largest absolute Gasteiger partial charge is 0.460 e. The number of rotatable bonds is 3. The maximum absolute atomic E-state index is 12.0. The highest BCUT2D eigenvalue weighted by Crippen LogP contribution is 2.48. The molecular formula is C14H24O3. The fraction of sp³-hybridized carbons (Fsp3) is 0.857. The number of carbonyl (C=O) groups is 2. The van der Waals surface area contributed by atoms with Crippen molar-refractivity contribution in [2.45, 2.75) is 53.9 Å². The quantitative estimate of drug-likeness (QED) is 0.562. The molecule has 1 rings (SSSR count). The topological polar surface area (TPSA) is 43.4 Å². The molecule has 0 atom stereocenters. The minimum absolute atomic E-state index is 0.120. The highest BCUT2D eigenvalue weighted by molar-refractivity contribution is 6.34. The van der Waals surface area contributed by atoms with Gasteiger partial charge < -0.3 is 4.74 Å². The van der Waals surface area contributed by atoms with E-state index >= 15 is 0 Å². The van der Waals surface area contributed by atoms with Gasteiger partial charge in [0, 0.05) is 5.92 Å². The van der Waals surface area contributed by atoms with Gasteiger partial charge in [0.2, 0.25) is 5.78 Å². The van der Waals surface area contributed by atoms with Crippen LogP contribution in [0.25, 0.3) is 0 Å². The van der Waals surface area contributed by atoms with E-state index in [1.807, 2.05) is 0 Å². The zero-order valence-corrected chi connectivity index (χ0v) is 11.6. The van der Waals surface area contributed by atoms with Gasteiger partial charge in [-0.2, -0.15) is 0 Å². The Bertz CT molecular complexity index is 299. The van der Waals surface area contributed by atoms with E-state index in [1.54, 1.807) is 6.92 Å². The maximum Gasteiger partial charge on any atom is 0.374 e. The standard InChI is InChI=1S/C14H24O3/c1-6-17-12(16)11(15)10-7-13(2,3)9-14(4,5)8-10/h10H,6-9H2,1-5H3. The van der Waals surface area contributed by atoms with E-state index in [2.05, 4.69) is 27.7 Å². The van der Waals surface area contributed by atoms with Gasteiger partial charge in [0.1, 0.15) is 0 Å². The van der Waals surface area contributed by atoms with E-state index in [4.69, 9.17) is 4.74 Å². The summed E-state index contributed by atoms with van der Waals surface area (Å²) in [5.74, 6) is -1.17. The summed E-state index contributed by atoms with van der Waals surface area (Å²) in [5.41, 5.74) is 0.239. The van der Waals surface area contributed by atoms with Crippen molar-refractivity contribution in [2.75, 3.05) is 6.61 Å². The number of ether oxygens (including phenoxy) is 1. The van der Waals surface area contributed by atoms with Crippen LogP contribution in [0.3, 0.4) is 0 Å². The fourth-order valence-electron chi connectivity index (χ4n) is 3.40. The van der Waals surface area contributed by atoms with Gasteiger partial charge in [0.05, 0.1) is 6.61 Å². The van der Waals surface area contributed by atoms with Crippen LogP contribution in [-0.2, 0) is 14.3 Å². The highest BCUT2D eigenvalue weighted by Gasteiger charge is 2.42. The zero-order valence-electron chi connectivity index (χ0n) is 11.6. The second-order valence-corrected chi connectivity index (χ2v) is 6.70. The fourth-order valence-corrected chi connectivity index (χ4v) is 3.40. The lowest BCUT2D eigenvalue weighted by atomic mass is 9.60. The van der Waals surface area contributed by atoms with Gasteiger partial charge in [-0.05, 0) is 37.0 Å². The van der Waals surface area contributed by atoms with Gasteiger partial charge in [-0.15, -0.1) is 0 Å². The minimum atomic E-state index is -0.661. The van der Waals surface area contributed by atoms with Crippen LogP contribution in [0.15, 0.2) is 0 Å². The molecule has 0 spiro atoms. The molecule has 1 fully saturated rings. The summed E-state index contributed by atoms with van der Waals surface area (Å²) in [6.45, 7) is 10.7. The third kappa shape index (κ3) is 3.83. The molecule has 1 aliphatic rings. The average molecular weight is 240 g/mol. The molecule has 0 aromatic heterocycles. The summed E-state index contributed by atoms with van der Waals surface area (Å²) < 4.78 is 4.80. The zero-order chi connectivity index (χ0) is 13.3. The Balaban J connectivity index is 2.77. The third-order valence-corrected chi connectivity index (χ3v) is 3.40. The molecule has 1 saturated carbocycles. The molecule has 1 aliphatic carbocycles. The van der Waals surface area contributed by atoms with E-state index in [-0.39, 0.29) is 29.1 Å². The van der Waals surface area contributed by atoms with E-state index in [0.29, 0.717) is 0 Å². The van der Waals surface area contributed by atoms with Crippen molar-refractivity contribution in [1.29, 1.82) is 0 Å². The first-order valence-corrected chi connectivity index (χ1v) is 6.38. The van der Waals surface area contributed by atoms with Gasteiger partial charge in [0.25, 0.3) is 0 Å². The Morgan fingerprint density at radius 1 is 1.12 bits per heavy atom. The Kier molecular flexibility index (Phi) is 4.00. The Morgan fingerprint density at radius 2 is 1.59 bits per heavy atom. The Hall–Kier alpha value is -0.860. The SMILES string of the molecule is CCOC(=O)C(=O)C1CC(C)(C)CC(C)(C)C1. The van der Waals surface area contributed by atoms with Crippen LogP contribution in [0.5, 0.6) is 0 Å². The molecule has 3 heteroatoms. The van der Waals surface area contributed by atoms with Crippen LogP contribution in [-0.4, -0.2) is 18.4 Å². The lowest BCUT2D eigenvalue weighted by molar-refractivity contribution is -0.157. The van der Waals surface area contributed by atoms with Crippen molar-refractivity contribution >= 4 is 11.8 Å². The molecule has 17 heavy (non-hydrogen) atoms. The molecule has 0 aromatic carbocycles. The van der Waals surface area contributed by atoms with Crippen LogP contribution < -0.4 is 0 Å². The second kappa shape index (κ2) is 4.79. The van der Waals surface area contributed by atoms with E-state index in [9.17, 15) is 9.59 Å². The predicted molar refractivity (Wildman–Crippen MR) is 66.5 cm³/mol. The molecule has 0 aromatic rings. The van der Waals surface area contributed by atoms with Crippen LogP contribution in [0.1, 0.15) is 53.9 Å². The van der Waals surface area contributed by atoms with E-state index in [0.717, 1.165) is 19.3 Å². The number of ketones is 1. The van der Waals surface area contributed by atoms with Gasteiger partial charge in [0.15, 0.2) is 0 Å². The predicted octanol–water partition coefficient (Wildman–Crippen LogP) is 2.97. The molecule has 0 amide bonds. The van der Waals surface area contributed by atoms with Gasteiger partial charge >= 0.3 is 5.97 Å². The van der Waals surface area contributed by atoms with Crippen molar-refractivity contribution < 1.29 is 14.3 Å². The number of esters is 1. The highest BCUT2D eigenvalue weighted by atomic mass is 16.5. The molecule has 0 heterocycles. The van der Waals surface area contributed by atoms with Crippen LogP contribution in [0, 0.1) is 16.7 Å². The lowest BCUT2D eigenvalue weighted by Crippen LogP contribution is -2.39. The van der Waals surface area contributed by atoms with Crippen LogP contribution in [0.2, 0.25) is 0 Å². The molecule has 98 valence electrons. The van der Waals surface area contributed by atoms with Crippen molar-refractivity contribution in [1.82, 2.24) is 0 Å². The molecular weight excluding hydrogens is 216 g/mol. The molecule has 0 N–H and O–H groups in total. The van der Waals surface area contributed by atoms with Crippen molar-refractivity contribution in [3.63, 3.8) is 0 Å². The summed E-state index contributed by atoms with van der Waals surface area (Å²) in [7, 11) is 0. The molecule has 0 saturated heterocycles. The number of Topliss-reactive ketones (excluding diaryl/α,β-unsaturated/α-hetero) is 1. The van der Waals surface area contributed by atoms with Crippen LogP contribution >= 0.6 is 0 Å². The normalized spacial score (nSPS) is 23.1. The summed E-state index contributed by atoms with van der Waals surface area (Å²) >= 11 is 0. The Labute approximate surface area is 104 Å². The van der Waals surface area contributed by atoms with Crippen molar-refractivity contribution in [2.24, 2.45) is 16.7 Å². The minimum Gasteiger partial charge on any atom is -0.460 e. The molecule has 0 aliphatic heterocycles. The monoisotopic (exact) mass is 240 g/mol. The molecule has 0 bridgehead atoms. The van der Waals surface area contributed by atoms with Crippen molar-refractivity contribution in [3.8, 4) is 0 Å². The second-order valence-electron chi connectivity index (χ2n) is 6.70. The molecule has 3 nitrogen and oxygen atoms in total. The van der Waals surface area contributed by atoms with Gasteiger partial charge in [-0.1, -0.05) is 27.7 Å². The smallest absolute Gasteiger partial charge is 0.374 e. The third-order valence-electron chi connectivity index (χ3n) is 3.40. The first kappa shape index (κ1) is 14.2. The van der Waals surface area contributed by atoms with E-state index in [1.165, 1.54) is 0 Å². The summed E-state index contributed by atoms with van der Waals surface area (Å²) in [4.78, 5) is 23.5. The van der Waals surface area contributed by atoms with Gasteiger partial charge in [-0.3, -0.25) is 4.79 Å². The van der Waals surface area contributed by atoms with Gasteiger partial charge in [-0.25, -0.2) is 4.79 Å². The number of hydrogen-bond donors (Lipinski definition) is 0. The molecule has 0 unspecified atom stereocenters. The summed E-state index contributed by atoms with van der Waals surface area (Å²) in [5, 5.41) is 0. The van der Waals surface area contributed by atoms with Crippen molar-refractivity contribution in [3.05, 3.63) is 0 Å². The lowest BCUT2D eigenvalue weighted by Gasteiger charge is -2.44. The number of carbonyl (C=O) groups excluding carboxylic acids is 2. The van der Waals surface area contributed by atoms with Crippen LogP contribution in [0.4, 0.5) is 0 Å². The molecule has 0 radical (unpaired) electrons. The summed E-state index contributed by atoms with van der Waals surface area (Å²) in [6.07, 6.45) is 2.66. The maximum atomic E-state index is 12.0.